The fourth-order valence-electron chi connectivity index (χ4n) is 1.59. The van der Waals surface area contributed by atoms with Crippen LogP contribution in [0.4, 0.5) is 5.69 Å². The van der Waals surface area contributed by atoms with Gasteiger partial charge in [0.15, 0.2) is 0 Å². The van der Waals surface area contributed by atoms with Crippen molar-refractivity contribution in [1.29, 1.82) is 0 Å². The molecule has 0 saturated heterocycles. The minimum absolute atomic E-state index is 0.524. The maximum atomic E-state index is 5.70. The fourth-order valence-corrected chi connectivity index (χ4v) is 1.93. The van der Waals surface area contributed by atoms with Gasteiger partial charge in [-0.1, -0.05) is 19.9 Å². The molecule has 0 spiro atoms. The van der Waals surface area contributed by atoms with Crippen LogP contribution in [0.15, 0.2) is 45.5 Å². The summed E-state index contributed by atoms with van der Waals surface area (Å²) in [7, 11) is 0. The molecule has 1 N–H and O–H groups in total. The summed E-state index contributed by atoms with van der Waals surface area (Å²) in [6, 6.07) is 9.85. The Hall–Kier alpha value is -1.42. The van der Waals surface area contributed by atoms with Gasteiger partial charge in [0.2, 0.25) is 0 Å². The quantitative estimate of drug-likeness (QED) is 0.837. The number of benzene rings is 1. The molecule has 4 heteroatoms. The maximum Gasteiger partial charge on any atom is 0.136 e. The van der Waals surface area contributed by atoms with Crippen LogP contribution in [-0.2, 0) is 6.54 Å². The molecule has 2 aromatic rings. The number of furan rings is 1. The van der Waals surface area contributed by atoms with Crippen LogP contribution >= 0.6 is 15.9 Å². The van der Waals surface area contributed by atoms with Gasteiger partial charge in [0.05, 0.1) is 23.9 Å². The molecule has 0 atom stereocenters. The predicted octanol–water partition coefficient (Wildman–Crippen LogP) is 4.69. The average Bonchev–Trinajstić information content (AvgIpc) is 2.80. The smallest absolute Gasteiger partial charge is 0.136 e. The molecule has 0 bridgehead atoms. The van der Waals surface area contributed by atoms with E-state index in [0.29, 0.717) is 12.5 Å². The summed E-state index contributed by atoms with van der Waals surface area (Å²) in [4.78, 5) is 0. The van der Waals surface area contributed by atoms with Crippen LogP contribution in [0.3, 0.4) is 0 Å². The Balaban J connectivity index is 1.93. The Morgan fingerprint density at radius 2 is 2.16 bits per heavy atom. The number of ether oxygens (including phenoxy) is 1. The van der Waals surface area contributed by atoms with Crippen molar-refractivity contribution in [1.82, 2.24) is 0 Å². The van der Waals surface area contributed by atoms with Crippen molar-refractivity contribution < 1.29 is 9.15 Å². The molecule has 0 amide bonds. The van der Waals surface area contributed by atoms with E-state index in [1.54, 1.807) is 6.26 Å². The Labute approximate surface area is 122 Å². The zero-order chi connectivity index (χ0) is 13.7. The molecule has 1 aromatic carbocycles. The first-order valence-electron chi connectivity index (χ1n) is 6.34. The van der Waals surface area contributed by atoms with Crippen molar-refractivity contribution in [2.75, 3.05) is 11.9 Å². The monoisotopic (exact) mass is 323 g/mol. The summed E-state index contributed by atoms with van der Waals surface area (Å²) >= 11 is 3.44. The summed E-state index contributed by atoms with van der Waals surface area (Å²) < 4.78 is 12.0. The van der Waals surface area contributed by atoms with Crippen molar-refractivity contribution in [2.24, 2.45) is 5.92 Å². The molecule has 102 valence electrons. The second kappa shape index (κ2) is 6.66. The van der Waals surface area contributed by atoms with E-state index >= 15 is 0 Å². The van der Waals surface area contributed by atoms with Gasteiger partial charge in [-0.05, 0) is 40.0 Å². The predicted molar refractivity (Wildman–Crippen MR) is 80.5 cm³/mol. The van der Waals surface area contributed by atoms with E-state index in [9.17, 15) is 0 Å². The molecule has 2 rings (SSSR count). The first-order valence-corrected chi connectivity index (χ1v) is 7.13. The van der Waals surface area contributed by atoms with Crippen LogP contribution in [0.1, 0.15) is 19.6 Å². The van der Waals surface area contributed by atoms with Crippen LogP contribution in [0.25, 0.3) is 0 Å². The van der Waals surface area contributed by atoms with Gasteiger partial charge >= 0.3 is 0 Å². The molecule has 0 aliphatic heterocycles. The number of halogens is 1. The summed E-state index contributed by atoms with van der Waals surface area (Å²) in [5, 5.41) is 3.31. The summed E-state index contributed by atoms with van der Waals surface area (Å²) in [6.45, 7) is 5.64. The first kappa shape index (κ1) is 14.0. The second-order valence-electron chi connectivity index (χ2n) is 4.78. The van der Waals surface area contributed by atoms with Crippen molar-refractivity contribution in [3.8, 4) is 5.75 Å². The van der Waals surface area contributed by atoms with Crippen molar-refractivity contribution >= 4 is 21.6 Å². The summed E-state index contributed by atoms with van der Waals surface area (Å²) in [5.41, 5.74) is 1.02. The Bertz CT molecular complexity index is 522. The highest BCUT2D eigenvalue weighted by Crippen LogP contribution is 2.21. The minimum atomic E-state index is 0.524. The van der Waals surface area contributed by atoms with Crippen LogP contribution in [0, 0.1) is 5.92 Å². The molecule has 0 saturated carbocycles. The van der Waals surface area contributed by atoms with E-state index in [1.807, 2.05) is 30.3 Å². The van der Waals surface area contributed by atoms with E-state index in [-0.39, 0.29) is 0 Å². The highest BCUT2D eigenvalue weighted by molar-refractivity contribution is 9.10. The van der Waals surface area contributed by atoms with E-state index in [1.165, 1.54) is 0 Å². The normalized spacial score (nSPS) is 10.7. The minimum Gasteiger partial charge on any atom is -0.493 e. The number of nitrogens with one attached hydrogen (secondary N) is 1. The van der Waals surface area contributed by atoms with Gasteiger partial charge in [0.1, 0.15) is 11.5 Å². The molecule has 1 aromatic heterocycles. The standard InChI is InChI=1S/C15H18BrNO2/c1-11(2)10-19-13-5-3-4-12(8-13)17-9-15-14(16)6-7-18-15/h3-8,11,17H,9-10H2,1-2H3. The number of hydrogen-bond acceptors (Lipinski definition) is 3. The summed E-state index contributed by atoms with van der Waals surface area (Å²) in [6.07, 6.45) is 1.67. The van der Waals surface area contributed by atoms with Gasteiger partial charge < -0.3 is 14.5 Å². The molecular formula is C15H18BrNO2. The van der Waals surface area contributed by atoms with E-state index in [0.717, 1.165) is 28.3 Å². The number of hydrogen-bond donors (Lipinski definition) is 1. The molecule has 0 aliphatic carbocycles. The lowest BCUT2D eigenvalue weighted by atomic mass is 10.2. The molecule has 0 radical (unpaired) electrons. The maximum absolute atomic E-state index is 5.70. The van der Waals surface area contributed by atoms with Crippen LogP contribution < -0.4 is 10.1 Å². The molecule has 19 heavy (non-hydrogen) atoms. The van der Waals surface area contributed by atoms with E-state index < -0.39 is 0 Å². The van der Waals surface area contributed by atoms with Crippen molar-refractivity contribution in [3.05, 3.63) is 46.8 Å². The average molecular weight is 324 g/mol. The van der Waals surface area contributed by atoms with Gasteiger partial charge in [0.25, 0.3) is 0 Å². The Morgan fingerprint density at radius 3 is 2.84 bits per heavy atom. The van der Waals surface area contributed by atoms with E-state index in [2.05, 4.69) is 35.1 Å². The molecule has 1 heterocycles. The molecule has 0 unspecified atom stereocenters. The third-order valence-electron chi connectivity index (χ3n) is 2.56. The van der Waals surface area contributed by atoms with Crippen LogP contribution in [0.2, 0.25) is 0 Å². The van der Waals surface area contributed by atoms with Crippen LogP contribution in [0.5, 0.6) is 5.75 Å². The van der Waals surface area contributed by atoms with Crippen molar-refractivity contribution in [3.63, 3.8) is 0 Å². The molecule has 0 fully saturated rings. The zero-order valence-electron chi connectivity index (χ0n) is 11.2. The Morgan fingerprint density at radius 1 is 1.32 bits per heavy atom. The third-order valence-corrected chi connectivity index (χ3v) is 3.27. The zero-order valence-corrected chi connectivity index (χ0v) is 12.7. The number of rotatable bonds is 6. The Kier molecular flexibility index (Phi) is 4.91. The third kappa shape index (κ3) is 4.31. The van der Waals surface area contributed by atoms with Gasteiger partial charge in [-0.3, -0.25) is 0 Å². The number of anilines is 1. The van der Waals surface area contributed by atoms with Gasteiger partial charge in [-0.25, -0.2) is 0 Å². The largest absolute Gasteiger partial charge is 0.493 e. The van der Waals surface area contributed by atoms with Crippen LogP contribution in [-0.4, -0.2) is 6.61 Å². The van der Waals surface area contributed by atoms with Gasteiger partial charge in [-0.2, -0.15) is 0 Å². The molecular weight excluding hydrogens is 306 g/mol. The van der Waals surface area contributed by atoms with E-state index in [4.69, 9.17) is 9.15 Å². The molecule has 0 aliphatic rings. The SMILES string of the molecule is CC(C)COc1cccc(NCc2occc2Br)c1. The highest BCUT2D eigenvalue weighted by atomic mass is 79.9. The fraction of sp³-hybridized carbons (Fsp3) is 0.333. The summed E-state index contributed by atoms with van der Waals surface area (Å²) in [5.74, 6) is 2.29. The highest BCUT2D eigenvalue weighted by Gasteiger charge is 2.03. The lowest BCUT2D eigenvalue weighted by Gasteiger charge is -2.10. The second-order valence-corrected chi connectivity index (χ2v) is 5.63. The topological polar surface area (TPSA) is 34.4 Å². The molecule has 3 nitrogen and oxygen atoms in total. The first-order chi connectivity index (χ1) is 9.15. The lowest BCUT2D eigenvalue weighted by molar-refractivity contribution is 0.271. The lowest BCUT2D eigenvalue weighted by Crippen LogP contribution is -2.05. The van der Waals surface area contributed by atoms with Gasteiger partial charge in [-0.15, -0.1) is 0 Å². The van der Waals surface area contributed by atoms with Crippen molar-refractivity contribution in [2.45, 2.75) is 20.4 Å². The van der Waals surface area contributed by atoms with Gasteiger partial charge in [0, 0.05) is 11.8 Å².